The van der Waals surface area contributed by atoms with Crippen molar-refractivity contribution in [3.63, 3.8) is 0 Å². The van der Waals surface area contributed by atoms with Crippen molar-refractivity contribution in [2.45, 2.75) is 6.92 Å². The van der Waals surface area contributed by atoms with Crippen LogP contribution in [0.2, 0.25) is 0 Å². The minimum Gasteiger partial charge on any atom is -0.496 e. The molecule has 26 heavy (non-hydrogen) atoms. The van der Waals surface area contributed by atoms with Crippen molar-refractivity contribution in [1.82, 2.24) is 10.2 Å². The van der Waals surface area contributed by atoms with Crippen molar-refractivity contribution in [3.8, 4) is 5.75 Å². The van der Waals surface area contributed by atoms with Gasteiger partial charge in [-0.05, 0) is 24.4 Å². The number of methoxy groups -OCH3 is 1. The number of hydrogen-bond acceptors (Lipinski definition) is 5. The van der Waals surface area contributed by atoms with Gasteiger partial charge >= 0.3 is 0 Å². The zero-order chi connectivity index (χ0) is 17.9. The molecule has 3 aromatic carbocycles. The lowest BCUT2D eigenvalue weighted by Gasteiger charge is -2.11. The Morgan fingerprint density at radius 3 is 2.46 bits per heavy atom. The van der Waals surface area contributed by atoms with Crippen molar-refractivity contribution in [3.05, 3.63) is 72.4 Å². The second-order valence-corrected chi connectivity index (χ2v) is 5.95. The Morgan fingerprint density at radius 1 is 0.923 bits per heavy atom. The molecule has 5 nitrogen and oxygen atoms in total. The molecule has 0 atom stereocenters. The number of hydrogen-bond donors (Lipinski definition) is 1. The second-order valence-electron chi connectivity index (χ2n) is 5.95. The van der Waals surface area contributed by atoms with Gasteiger partial charge < -0.3 is 4.74 Å². The summed E-state index contributed by atoms with van der Waals surface area (Å²) in [4.78, 5) is 0. The first-order chi connectivity index (χ1) is 12.8. The molecule has 128 valence electrons. The van der Waals surface area contributed by atoms with Gasteiger partial charge in [0.25, 0.3) is 0 Å². The van der Waals surface area contributed by atoms with Crippen LogP contribution < -0.4 is 10.2 Å². The molecule has 0 fully saturated rings. The number of benzene rings is 3. The first-order valence-electron chi connectivity index (χ1n) is 8.35. The van der Waals surface area contributed by atoms with Crippen LogP contribution in [-0.2, 0) is 0 Å². The van der Waals surface area contributed by atoms with E-state index in [2.05, 4.69) is 32.9 Å². The molecule has 0 unspecified atom stereocenters. The van der Waals surface area contributed by atoms with Gasteiger partial charge in [-0.2, -0.15) is 10.2 Å². The summed E-state index contributed by atoms with van der Waals surface area (Å²) in [7, 11) is 1.68. The normalized spacial score (nSPS) is 11.7. The Morgan fingerprint density at radius 2 is 1.65 bits per heavy atom. The average molecular weight is 342 g/mol. The van der Waals surface area contributed by atoms with E-state index in [9.17, 15) is 0 Å². The molecule has 0 aliphatic rings. The Balaban J connectivity index is 1.74. The predicted molar refractivity (Wildman–Crippen MR) is 106 cm³/mol. The fraction of sp³-hybridized carbons (Fsp3) is 0.0952. The van der Waals surface area contributed by atoms with E-state index in [0.29, 0.717) is 5.82 Å². The van der Waals surface area contributed by atoms with Crippen molar-refractivity contribution < 1.29 is 4.74 Å². The van der Waals surface area contributed by atoms with Crippen LogP contribution in [0.4, 0.5) is 5.82 Å². The Bertz CT molecular complexity index is 1120. The third kappa shape index (κ3) is 2.84. The standard InChI is InChI=1S/C21H18N4O/c1-14(16-11-12-20(26-2)19-10-6-5-9-18(16)19)23-25-21-17-8-4-3-7-15(17)13-22-24-21/h3-13H,1-2H3,(H,24,25)/b23-14+. The van der Waals surface area contributed by atoms with E-state index in [1.807, 2.05) is 55.5 Å². The molecule has 0 aliphatic carbocycles. The SMILES string of the molecule is COc1ccc(/C(C)=N/Nc2nncc3ccccc23)c2ccccc12. The topological polar surface area (TPSA) is 59.4 Å². The van der Waals surface area contributed by atoms with Gasteiger partial charge in [-0.1, -0.05) is 48.5 Å². The molecule has 0 saturated heterocycles. The van der Waals surface area contributed by atoms with Gasteiger partial charge in [0, 0.05) is 21.7 Å². The van der Waals surface area contributed by atoms with Gasteiger partial charge in [-0.15, -0.1) is 5.10 Å². The lowest BCUT2D eigenvalue weighted by Crippen LogP contribution is -2.03. The first kappa shape index (κ1) is 16.0. The van der Waals surface area contributed by atoms with Crippen LogP contribution in [0.1, 0.15) is 12.5 Å². The summed E-state index contributed by atoms with van der Waals surface area (Å²) in [5.74, 6) is 1.49. The number of rotatable bonds is 4. The maximum Gasteiger partial charge on any atom is 0.176 e. The molecule has 1 heterocycles. The van der Waals surface area contributed by atoms with E-state index in [1.165, 1.54) is 0 Å². The van der Waals surface area contributed by atoms with Gasteiger partial charge in [-0.3, -0.25) is 5.43 Å². The number of nitrogens with one attached hydrogen (secondary N) is 1. The molecule has 1 N–H and O–H groups in total. The van der Waals surface area contributed by atoms with Gasteiger partial charge in [0.15, 0.2) is 5.82 Å². The summed E-state index contributed by atoms with van der Waals surface area (Å²) in [6.45, 7) is 1.97. The summed E-state index contributed by atoms with van der Waals surface area (Å²) < 4.78 is 5.47. The van der Waals surface area contributed by atoms with Gasteiger partial charge in [-0.25, -0.2) is 0 Å². The summed E-state index contributed by atoms with van der Waals surface area (Å²) in [5.41, 5.74) is 4.97. The van der Waals surface area contributed by atoms with Crippen LogP contribution in [0, 0.1) is 0 Å². The predicted octanol–water partition coefficient (Wildman–Crippen LogP) is 4.63. The van der Waals surface area contributed by atoms with Crippen molar-refractivity contribution >= 4 is 33.1 Å². The smallest absolute Gasteiger partial charge is 0.176 e. The van der Waals surface area contributed by atoms with Crippen LogP contribution in [0.25, 0.3) is 21.5 Å². The maximum absolute atomic E-state index is 5.47. The third-order valence-corrected chi connectivity index (χ3v) is 4.39. The quantitative estimate of drug-likeness (QED) is 0.434. The van der Waals surface area contributed by atoms with E-state index in [1.54, 1.807) is 13.3 Å². The van der Waals surface area contributed by atoms with Crippen molar-refractivity contribution in [1.29, 1.82) is 0 Å². The number of ether oxygens (including phenoxy) is 1. The average Bonchev–Trinajstić information content (AvgIpc) is 2.71. The third-order valence-electron chi connectivity index (χ3n) is 4.39. The Hall–Kier alpha value is -3.47. The Labute approximate surface area is 151 Å². The molecule has 0 amide bonds. The molecule has 4 rings (SSSR count). The molecule has 0 spiro atoms. The van der Waals surface area contributed by atoms with Crippen molar-refractivity contribution in [2.24, 2.45) is 5.10 Å². The zero-order valence-electron chi connectivity index (χ0n) is 14.6. The van der Waals surface area contributed by atoms with Crippen LogP contribution in [-0.4, -0.2) is 23.0 Å². The zero-order valence-corrected chi connectivity index (χ0v) is 14.6. The van der Waals surface area contributed by atoms with Crippen molar-refractivity contribution in [2.75, 3.05) is 12.5 Å². The molecule has 4 aromatic rings. The molecule has 0 aliphatic heterocycles. The summed E-state index contributed by atoms with van der Waals surface area (Å²) >= 11 is 0. The highest BCUT2D eigenvalue weighted by Gasteiger charge is 2.09. The van der Waals surface area contributed by atoms with E-state index in [4.69, 9.17) is 4.74 Å². The monoisotopic (exact) mass is 342 g/mol. The van der Waals surface area contributed by atoms with E-state index >= 15 is 0 Å². The number of hydrazone groups is 1. The Kier molecular flexibility index (Phi) is 4.19. The highest BCUT2D eigenvalue weighted by Crippen LogP contribution is 2.29. The molecule has 1 aromatic heterocycles. The molecule has 5 heteroatoms. The lowest BCUT2D eigenvalue weighted by molar-refractivity contribution is 0.420. The van der Waals surface area contributed by atoms with E-state index in [0.717, 1.165) is 38.6 Å². The maximum atomic E-state index is 5.47. The van der Waals surface area contributed by atoms with Crippen LogP contribution in [0.3, 0.4) is 0 Å². The summed E-state index contributed by atoms with van der Waals surface area (Å²) in [6.07, 6.45) is 1.74. The number of anilines is 1. The fourth-order valence-corrected chi connectivity index (χ4v) is 3.07. The number of nitrogens with zero attached hydrogens (tertiary/aromatic N) is 3. The van der Waals surface area contributed by atoms with E-state index < -0.39 is 0 Å². The highest BCUT2D eigenvalue weighted by atomic mass is 16.5. The highest BCUT2D eigenvalue weighted by molar-refractivity contribution is 6.11. The summed E-state index contributed by atoms with van der Waals surface area (Å²) in [6, 6.07) is 20.1. The van der Waals surface area contributed by atoms with Gasteiger partial charge in [0.05, 0.1) is 19.0 Å². The van der Waals surface area contributed by atoms with Gasteiger partial charge in [0.2, 0.25) is 0 Å². The minimum absolute atomic E-state index is 0.639. The largest absolute Gasteiger partial charge is 0.496 e. The van der Waals surface area contributed by atoms with Crippen LogP contribution >= 0.6 is 0 Å². The van der Waals surface area contributed by atoms with Gasteiger partial charge in [0.1, 0.15) is 5.75 Å². The van der Waals surface area contributed by atoms with Crippen LogP contribution in [0.5, 0.6) is 5.75 Å². The number of aromatic nitrogens is 2. The molecular formula is C21H18N4O. The fourth-order valence-electron chi connectivity index (χ4n) is 3.07. The summed E-state index contributed by atoms with van der Waals surface area (Å²) in [5, 5.41) is 16.9. The lowest BCUT2D eigenvalue weighted by atomic mass is 10.0. The minimum atomic E-state index is 0.639. The first-order valence-corrected chi connectivity index (χ1v) is 8.35. The number of fused-ring (bicyclic) bond motifs is 2. The second kappa shape index (κ2) is 6.80. The van der Waals surface area contributed by atoms with Crippen LogP contribution in [0.15, 0.2) is 72.0 Å². The molecule has 0 bridgehead atoms. The molecular weight excluding hydrogens is 324 g/mol. The van der Waals surface area contributed by atoms with E-state index in [-0.39, 0.29) is 0 Å². The molecule has 0 saturated carbocycles. The molecule has 0 radical (unpaired) electrons.